The average Bonchev–Trinajstić information content (AvgIpc) is 2.34. The molecule has 0 aliphatic carbocycles. The van der Waals surface area contributed by atoms with Crippen LogP contribution in [0.25, 0.3) is 0 Å². The zero-order chi connectivity index (χ0) is 13.3. The summed E-state index contributed by atoms with van der Waals surface area (Å²) in [5.41, 5.74) is 4.81. The lowest BCUT2D eigenvalue weighted by molar-refractivity contribution is -0.0816. The lowest BCUT2D eigenvalue weighted by Crippen LogP contribution is -2.45. The predicted molar refractivity (Wildman–Crippen MR) is 61.4 cm³/mol. The van der Waals surface area contributed by atoms with Crippen molar-refractivity contribution in [3.05, 3.63) is 22.7 Å². The summed E-state index contributed by atoms with van der Waals surface area (Å²) in [6, 6.07) is 0.749. The maximum absolute atomic E-state index is 14.3. The Kier molecular flexibility index (Phi) is 2.80. The first-order chi connectivity index (χ1) is 8.54. The maximum Gasteiger partial charge on any atom is 0.349 e. The van der Waals surface area contributed by atoms with Crippen molar-refractivity contribution in [1.29, 1.82) is 0 Å². The molecule has 17 heavy (non-hydrogen) atoms. The Labute approximate surface area is 99.8 Å². The van der Waals surface area contributed by atoms with Crippen LogP contribution in [0.2, 0.25) is 0 Å². The van der Waals surface area contributed by atoms with E-state index in [4.69, 9.17) is 11.8 Å². The number of nitrogens with two attached hydrogens (primary N) is 1. The number of hydrogen-bond acceptors (Lipinski definition) is 4. The van der Waals surface area contributed by atoms with Gasteiger partial charge in [-0.05, 0) is 13.0 Å². The number of halogens is 1. The second kappa shape index (κ2) is 4.44. The van der Waals surface area contributed by atoms with E-state index in [9.17, 15) is 9.18 Å². The van der Waals surface area contributed by atoms with Crippen LogP contribution in [0.4, 0.5) is 10.2 Å². The molecule has 0 spiro atoms. The monoisotopic (exact) mass is 242 g/mol. The van der Waals surface area contributed by atoms with Gasteiger partial charge in [-0.3, -0.25) is 4.57 Å². The van der Waals surface area contributed by atoms with Crippen molar-refractivity contribution < 1.29 is 10.5 Å². The smallest absolute Gasteiger partial charge is 0.349 e. The summed E-state index contributed by atoms with van der Waals surface area (Å²) in [5, 5.41) is 0. The summed E-state index contributed by atoms with van der Waals surface area (Å²) < 4.78 is 28.2. The molecule has 0 saturated carbocycles. The number of nitrogen functional groups attached to an aromatic ring is 1. The van der Waals surface area contributed by atoms with Crippen molar-refractivity contribution in [2.24, 2.45) is 5.92 Å². The van der Waals surface area contributed by atoms with E-state index in [2.05, 4.69) is 4.98 Å². The van der Waals surface area contributed by atoms with Crippen molar-refractivity contribution in [2.75, 3.05) is 12.3 Å². The molecule has 2 heterocycles. The molecule has 5 nitrogen and oxygen atoms in total. The number of hydrogen-bond donors (Lipinski definition) is 1. The fraction of sp³-hybridized carbons (Fsp3) is 0.636. The third-order valence-electron chi connectivity index (χ3n) is 3.15. The molecular weight excluding hydrogens is 225 g/mol. The van der Waals surface area contributed by atoms with Crippen LogP contribution in [0.15, 0.2) is 17.1 Å². The molecule has 4 unspecified atom stereocenters. The van der Waals surface area contributed by atoms with E-state index >= 15 is 0 Å². The summed E-state index contributed by atoms with van der Waals surface area (Å²) in [6.07, 6.45) is -0.232. The molecule has 1 aromatic rings. The van der Waals surface area contributed by atoms with Crippen LogP contribution in [0.3, 0.4) is 0 Å². The van der Waals surface area contributed by atoms with Gasteiger partial charge in [0.1, 0.15) is 12.0 Å². The lowest BCUT2D eigenvalue weighted by atomic mass is 9.92. The first kappa shape index (κ1) is 10.7. The van der Waals surface area contributed by atoms with E-state index in [0.29, 0.717) is 0 Å². The fourth-order valence-corrected chi connectivity index (χ4v) is 1.93. The molecule has 0 aromatic carbocycles. The average molecular weight is 242 g/mol. The first-order valence-electron chi connectivity index (χ1n) is 6.15. The Hall–Kier alpha value is -1.43. The number of alkyl halides is 1. The number of rotatable bonds is 1. The molecule has 2 rings (SSSR count). The Morgan fingerprint density at radius 1 is 1.76 bits per heavy atom. The van der Waals surface area contributed by atoms with E-state index in [1.54, 1.807) is 6.92 Å². The third kappa shape index (κ3) is 2.17. The minimum atomic E-state index is -1.24. The van der Waals surface area contributed by atoms with E-state index < -0.39 is 29.9 Å². The van der Waals surface area contributed by atoms with Crippen molar-refractivity contribution >= 4 is 5.82 Å². The van der Waals surface area contributed by atoms with Crippen LogP contribution >= 0.6 is 0 Å². The molecule has 6 heteroatoms. The van der Waals surface area contributed by atoms with E-state index in [1.807, 2.05) is 0 Å². The Bertz CT molecular complexity index is 482. The largest absolute Gasteiger partial charge is 0.383 e. The van der Waals surface area contributed by atoms with Crippen molar-refractivity contribution in [3.8, 4) is 0 Å². The van der Waals surface area contributed by atoms with E-state index in [0.717, 1.165) is 0 Å². The zero-order valence-corrected chi connectivity index (χ0v) is 9.54. The third-order valence-corrected chi connectivity index (χ3v) is 3.15. The summed E-state index contributed by atoms with van der Waals surface area (Å²) in [6.45, 7) is 1.77. The molecule has 94 valence electrons. The van der Waals surface area contributed by atoms with Gasteiger partial charge in [0.2, 0.25) is 0 Å². The molecule has 1 aliphatic heterocycles. The standard InChI is InChI=1S/C11H16FN3O2/c1-6-7(2)17-5-8(10(6)12)15-4-3-9(13)14-11(15)16/h3-4,6-8,10H,5H2,1-2H3,(H2,13,14,16)/i2D. The molecule has 0 radical (unpaired) electrons. The number of nitrogens with zero attached hydrogens (tertiary/aromatic N) is 2. The number of aromatic nitrogens is 2. The lowest BCUT2D eigenvalue weighted by Gasteiger charge is -2.36. The summed E-state index contributed by atoms with van der Waals surface area (Å²) in [4.78, 5) is 15.2. The minimum absolute atomic E-state index is 0.0171. The predicted octanol–water partition coefficient (Wildman–Crippen LogP) is 0.759. The minimum Gasteiger partial charge on any atom is -0.383 e. The SMILES string of the molecule is [2H]CC1OCC(n2ccc(N)nc2=O)C(F)C1C. The van der Waals surface area contributed by atoms with Crippen LogP contribution in [0, 0.1) is 5.92 Å². The molecule has 4 atom stereocenters. The molecule has 1 aliphatic rings. The highest BCUT2D eigenvalue weighted by atomic mass is 19.1. The molecule has 0 amide bonds. The van der Waals surface area contributed by atoms with Crippen molar-refractivity contribution in [2.45, 2.75) is 32.1 Å². The highest BCUT2D eigenvalue weighted by molar-refractivity contribution is 5.23. The van der Waals surface area contributed by atoms with Crippen LogP contribution in [-0.4, -0.2) is 28.4 Å². The summed E-state index contributed by atoms with van der Waals surface area (Å²) in [5.74, 6) is -0.314. The Morgan fingerprint density at radius 3 is 3.18 bits per heavy atom. The molecule has 1 aromatic heterocycles. The van der Waals surface area contributed by atoms with Gasteiger partial charge in [0.15, 0.2) is 0 Å². The molecule has 0 bridgehead atoms. The first-order valence-corrected chi connectivity index (χ1v) is 5.44. The Balaban J connectivity index is 2.27. The highest BCUT2D eigenvalue weighted by Crippen LogP contribution is 2.30. The topological polar surface area (TPSA) is 70.1 Å². The second-order valence-electron chi connectivity index (χ2n) is 4.28. The van der Waals surface area contributed by atoms with Crippen LogP contribution < -0.4 is 11.4 Å². The number of anilines is 1. The zero-order valence-electron chi connectivity index (χ0n) is 10.5. The van der Waals surface area contributed by atoms with Gasteiger partial charge in [0, 0.05) is 13.5 Å². The summed E-state index contributed by atoms with van der Waals surface area (Å²) >= 11 is 0. The molecular formula is C11H16FN3O2. The molecule has 2 N–H and O–H groups in total. The van der Waals surface area contributed by atoms with Gasteiger partial charge in [-0.25, -0.2) is 9.18 Å². The van der Waals surface area contributed by atoms with Gasteiger partial charge in [0.25, 0.3) is 0 Å². The molecule has 1 fully saturated rings. The van der Waals surface area contributed by atoms with Crippen LogP contribution in [-0.2, 0) is 4.74 Å². The number of ether oxygens (including phenoxy) is 1. The maximum atomic E-state index is 14.3. The molecule has 1 saturated heterocycles. The van der Waals surface area contributed by atoms with E-state index in [-0.39, 0.29) is 19.3 Å². The fourth-order valence-electron chi connectivity index (χ4n) is 1.93. The van der Waals surface area contributed by atoms with Gasteiger partial charge in [-0.1, -0.05) is 6.92 Å². The van der Waals surface area contributed by atoms with Crippen molar-refractivity contribution in [1.82, 2.24) is 9.55 Å². The normalized spacial score (nSPS) is 34.4. The second-order valence-corrected chi connectivity index (χ2v) is 4.28. The van der Waals surface area contributed by atoms with Gasteiger partial charge < -0.3 is 10.5 Å². The van der Waals surface area contributed by atoms with Crippen LogP contribution in [0.5, 0.6) is 0 Å². The van der Waals surface area contributed by atoms with E-state index in [1.165, 1.54) is 16.8 Å². The van der Waals surface area contributed by atoms with Gasteiger partial charge >= 0.3 is 5.69 Å². The van der Waals surface area contributed by atoms with Crippen LogP contribution in [0.1, 0.15) is 21.2 Å². The Morgan fingerprint density at radius 2 is 2.53 bits per heavy atom. The summed E-state index contributed by atoms with van der Waals surface area (Å²) in [7, 11) is 0. The van der Waals surface area contributed by atoms with Crippen molar-refractivity contribution in [3.63, 3.8) is 0 Å². The van der Waals surface area contributed by atoms with Gasteiger partial charge in [-0.2, -0.15) is 4.98 Å². The van der Waals surface area contributed by atoms with Gasteiger partial charge in [0.05, 0.1) is 18.8 Å². The van der Waals surface area contributed by atoms with Gasteiger partial charge in [-0.15, -0.1) is 0 Å². The quantitative estimate of drug-likeness (QED) is 0.789. The highest BCUT2D eigenvalue weighted by Gasteiger charge is 2.37.